The van der Waals surface area contributed by atoms with Gasteiger partial charge in [-0.3, -0.25) is 4.68 Å². The summed E-state index contributed by atoms with van der Waals surface area (Å²) in [6, 6.07) is 1.68. The van der Waals surface area contributed by atoms with Gasteiger partial charge in [-0.05, 0) is 19.3 Å². The number of hydrogen-bond donors (Lipinski definition) is 2. The lowest BCUT2D eigenvalue weighted by atomic mass is 10.4. The predicted molar refractivity (Wildman–Crippen MR) is 74.4 cm³/mol. The second-order valence-corrected chi connectivity index (χ2v) is 4.91. The Bertz CT molecular complexity index is 592. The summed E-state index contributed by atoms with van der Waals surface area (Å²) in [5.41, 5.74) is 2.55. The van der Waals surface area contributed by atoms with E-state index in [1.807, 2.05) is 10.9 Å². The summed E-state index contributed by atoms with van der Waals surface area (Å²) in [7, 11) is 0. The van der Waals surface area contributed by atoms with E-state index in [-0.39, 0.29) is 0 Å². The molecule has 0 saturated heterocycles. The standard InChI is InChI=1S/C13H18N6O/c1-2-5-19-8-10(7-15-19)20-12-6-11(18-14)16-13(17-12)9-3-4-9/h6-9H,2-5,14H2,1H3,(H,16,17,18). The van der Waals surface area contributed by atoms with Crippen molar-refractivity contribution in [2.45, 2.75) is 38.6 Å². The highest BCUT2D eigenvalue weighted by Gasteiger charge is 2.27. The molecule has 0 aliphatic heterocycles. The minimum absolute atomic E-state index is 0.438. The lowest BCUT2D eigenvalue weighted by Gasteiger charge is -2.07. The van der Waals surface area contributed by atoms with Gasteiger partial charge in [-0.15, -0.1) is 0 Å². The van der Waals surface area contributed by atoms with Crippen LogP contribution in [0.25, 0.3) is 0 Å². The van der Waals surface area contributed by atoms with Crippen LogP contribution in [0.3, 0.4) is 0 Å². The largest absolute Gasteiger partial charge is 0.436 e. The van der Waals surface area contributed by atoms with Crippen molar-refractivity contribution < 1.29 is 4.74 Å². The molecule has 2 aromatic rings. The van der Waals surface area contributed by atoms with Crippen LogP contribution in [0.1, 0.15) is 37.9 Å². The number of hydrogen-bond acceptors (Lipinski definition) is 6. The van der Waals surface area contributed by atoms with Crippen molar-refractivity contribution in [3.05, 3.63) is 24.3 Å². The summed E-state index contributed by atoms with van der Waals surface area (Å²) in [5.74, 6) is 8.39. The lowest BCUT2D eigenvalue weighted by Crippen LogP contribution is -2.10. The van der Waals surface area contributed by atoms with Crippen LogP contribution in [0.15, 0.2) is 18.5 Å². The first-order valence-corrected chi connectivity index (χ1v) is 6.84. The van der Waals surface area contributed by atoms with Gasteiger partial charge in [0.2, 0.25) is 5.88 Å². The van der Waals surface area contributed by atoms with E-state index >= 15 is 0 Å². The molecule has 3 N–H and O–H groups in total. The maximum absolute atomic E-state index is 5.74. The summed E-state index contributed by atoms with van der Waals surface area (Å²) >= 11 is 0. The van der Waals surface area contributed by atoms with Crippen molar-refractivity contribution in [3.8, 4) is 11.6 Å². The normalized spacial score (nSPS) is 14.3. The summed E-state index contributed by atoms with van der Waals surface area (Å²) in [4.78, 5) is 8.77. The van der Waals surface area contributed by atoms with Crippen LogP contribution in [0.2, 0.25) is 0 Å². The highest BCUT2D eigenvalue weighted by molar-refractivity contribution is 5.39. The molecule has 7 nitrogen and oxygen atoms in total. The summed E-state index contributed by atoms with van der Waals surface area (Å²) in [6.45, 7) is 2.98. The van der Waals surface area contributed by atoms with E-state index in [1.165, 1.54) is 0 Å². The molecule has 20 heavy (non-hydrogen) atoms. The van der Waals surface area contributed by atoms with Crippen molar-refractivity contribution in [2.75, 3.05) is 5.43 Å². The molecule has 7 heteroatoms. The Morgan fingerprint density at radius 2 is 2.30 bits per heavy atom. The number of nitrogens with two attached hydrogens (primary N) is 1. The Labute approximate surface area is 117 Å². The number of anilines is 1. The third-order valence-corrected chi connectivity index (χ3v) is 3.10. The molecule has 0 unspecified atom stereocenters. The van der Waals surface area contributed by atoms with Crippen molar-refractivity contribution in [1.29, 1.82) is 0 Å². The van der Waals surface area contributed by atoms with Crippen LogP contribution in [0.4, 0.5) is 5.82 Å². The maximum atomic E-state index is 5.74. The number of rotatable bonds is 6. The summed E-state index contributed by atoms with van der Waals surface area (Å²) < 4.78 is 7.58. The van der Waals surface area contributed by atoms with Crippen LogP contribution in [0, 0.1) is 0 Å². The molecular formula is C13H18N6O. The van der Waals surface area contributed by atoms with E-state index in [0.717, 1.165) is 31.6 Å². The Balaban J connectivity index is 1.79. The highest BCUT2D eigenvalue weighted by Crippen LogP contribution is 2.39. The molecule has 0 spiro atoms. The van der Waals surface area contributed by atoms with E-state index in [9.17, 15) is 0 Å². The van der Waals surface area contributed by atoms with E-state index in [4.69, 9.17) is 10.6 Å². The number of aryl methyl sites for hydroxylation is 1. The van der Waals surface area contributed by atoms with Crippen LogP contribution in [-0.4, -0.2) is 19.7 Å². The van der Waals surface area contributed by atoms with Gasteiger partial charge in [-0.1, -0.05) is 6.92 Å². The number of nitrogens with one attached hydrogen (secondary N) is 1. The average Bonchev–Trinajstić information content (AvgIpc) is 3.22. The minimum Gasteiger partial charge on any atom is -0.436 e. The second kappa shape index (κ2) is 5.46. The summed E-state index contributed by atoms with van der Waals surface area (Å²) in [6.07, 6.45) is 6.83. The van der Waals surface area contributed by atoms with Crippen molar-refractivity contribution in [1.82, 2.24) is 19.7 Å². The topological polar surface area (TPSA) is 90.9 Å². The Hall–Kier alpha value is -2.15. The number of aromatic nitrogens is 4. The van der Waals surface area contributed by atoms with Crippen molar-refractivity contribution in [3.63, 3.8) is 0 Å². The predicted octanol–water partition coefficient (Wildman–Crippen LogP) is 2.04. The Kier molecular flexibility index (Phi) is 3.51. The molecule has 1 aliphatic rings. The fraction of sp³-hybridized carbons (Fsp3) is 0.462. The smallest absolute Gasteiger partial charge is 0.224 e. The van der Waals surface area contributed by atoms with E-state index in [1.54, 1.807) is 12.3 Å². The summed E-state index contributed by atoms with van der Waals surface area (Å²) in [5, 5.41) is 4.22. The average molecular weight is 274 g/mol. The molecule has 2 heterocycles. The SMILES string of the molecule is CCCn1cc(Oc2cc(NN)nc(C3CC3)n2)cn1. The van der Waals surface area contributed by atoms with E-state index in [2.05, 4.69) is 27.4 Å². The van der Waals surface area contributed by atoms with Crippen LogP contribution < -0.4 is 16.0 Å². The second-order valence-electron chi connectivity index (χ2n) is 4.91. The van der Waals surface area contributed by atoms with Gasteiger partial charge in [-0.2, -0.15) is 10.1 Å². The zero-order valence-corrected chi connectivity index (χ0v) is 11.4. The fourth-order valence-corrected chi connectivity index (χ4v) is 1.96. The molecule has 2 aromatic heterocycles. The third-order valence-electron chi connectivity index (χ3n) is 3.10. The molecule has 3 rings (SSSR count). The van der Waals surface area contributed by atoms with Gasteiger partial charge in [-0.25, -0.2) is 10.8 Å². The fourth-order valence-electron chi connectivity index (χ4n) is 1.96. The molecule has 0 aromatic carbocycles. The zero-order valence-electron chi connectivity index (χ0n) is 11.4. The van der Waals surface area contributed by atoms with Gasteiger partial charge >= 0.3 is 0 Å². The van der Waals surface area contributed by atoms with Gasteiger partial charge in [0.1, 0.15) is 11.6 Å². The Morgan fingerprint density at radius 1 is 1.45 bits per heavy atom. The number of nitrogen functional groups attached to an aromatic ring is 1. The molecule has 0 bridgehead atoms. The minimum atomic E-state index is 0.438. The Morgan fingerprint density at radius 3 is 3.00 bits per heavy atom. The third kappa shape index (κ3) is 2.88. The number of hydrazine groups is 1. The lowest BCUT2D eigenvalue weighted by molar-refractivity contribution is 0.457. The van der Waals surface area contributed by atoms with Gasteiger partial charge in [0.05, 0.1) is 12.4 Å². The van der Waals surface area contributed by atoms with E-state index < -0.39 is 0 Å². The molecule has 1 aliphatic carbocycles. The molecular weight excluding hydrogens is 256 g/mol. The molecule has 1 fully saturated rings. The van der Waals surface area contributed by atoms with Gasteiger partial charge < -0.3 is 10.2 Å². The highest BCUT2D eigenvalue weighted by atomic mass is 16.5. The molecule has 106 valence electrons. The van der Waals surface area contributed by atoms with Crippen molar-refractivity contribution >= 4 is 5.82 Å². The quantitative estimate of drug-likeness (QED) is 0.618. The zero-order chi connectivity index (χ0) is 13.9. The number of ether oxygens (including phenoxy) is 1. The van der Waals surface area contributed by atoms with Crippen molar-refractivity contribution in [2.24, 2.45) is 5.84 Å². The van der Waals surface area contributed by atoms with Crippen LogP contribution in [-0.2, 0) is 6.54 Å². The van der Waals surface area contributed by atoms with Gasteiger partial charge in [0.15, 0.2) is 5.75 Å². The molecule has 0 atom stereocenters. The maximum Gasteiger partial charge on any atom is 0.224 e. The van der Waals surface area contributed by atoms with E-state index in [0.29, 0.717) is 23.4 Å². The van der Waals surface area contributed by atoms with Gasteiger partial charge in [0.25, 0.3) is 0 Å². The first kappa shape index (κ1) is 12.9. The molecule has 1 saturated carbocycles. The first-order chi connectivity index (χ1) is 9.78. The molecule has 0 amide bonds. The van der Waals surface area contributed by atoms with Crippen LogP contribution >= 0.6 is 0 Å². The van der Waals surface area contributed by atoms with Gasteiger partial charge in [0, 0.05) is 18.5 Å². The van der Waals surface area contributed by atoms with Crippen LogP contribution in [0.5, 0.6) is 11.6 Å². The first-order valence-electron chi connectivity index (χ1n) is 6.84. The monoisotopic (exact) mass is 274 g/mol. The molecule has 0 radical (unpaired) electrons. The number of nitrogens with zero attached hydrogens (tertiary/aromatic N) is 4.